The fraction of sp³-hybridized carbons (Fsp3) is 0.0667. The molecule has 0 bridgehead atoms. The minimum absolute atomic E-state index is 0.141. The third kappa shape index (κ3) is 2.20. The molecule has 2 N–H and O–H groups in total. The molecular formula is C15H13N3O. The van der Waals surface area contributed by atoms with Crippen molar-refractivity contribution in [2.75, 3.05) is 5.32 Å². The molecule has 0 spiro atoms. The Kier molecular flexibility index (Phi) is 2.76. The Morgan fingerprint density at radius 2 is 1.95 bits per heavy atom. The molecule has 0 aliphatic rings. The second-order valence-corrected chi connectivity index (χ2v) is 4.44. The summed E-state index contributed by atoms with van der Waals surface area (Å²) in [6, 6.07) is 13.6. The van der Waals surface area contributed by atoms with Crippen molar-refractivity contribution >= 4 is 22.5 Å². The number of rotatable bonds is 2. The van der Waals surface area contributed by atoms with Gasteiger partial charge in [-0.3, -0.25) is 9.89 Å². The van der Waals surface area contributed by atoms with Crippen molar-refractivity contribution in [3.63, 3.8) is 0 Å². The van der Waals surface area contributed by atoms with Gasteiger partial charge >= 0.3 is 0 Å². The van der Waals surface area contributed by atoms with Gasteiger partial charge in [0.25, 0.3) is 5.91 Å². The summed E-state index contributed by atoms with van der Waals surface area (Å²) in [5.41, 5.74) is 1.54. The maximum absolute atomic E-state index is 12.1. The molecule has 2 aromatic carbocycles. The summed E-state index contributed by atoms with van der Waals surface area (Å²) in [7, 11) is 0. The highest BCUT2D eigenvalue weighted by atomic mass is 16.1. The highest BCUT2D eigenvalue weighted by Gasteiger charge is 2.09. The predicted octanol–water partition coefficient (Wildman–Crippen LogP) is 3.12. The van der Waals surface area contributed by atoms with Gasteiger partial charge in [0.05, 0.1) is 6.20 Å². The molecule has 3 rings (SSSR count). The minimum atomic E-state index is -0.141. The Hall–Kier alpha value is -2.62. The van der Waals surface area contributed by atoms with Crippen LogP contribution in [0.5, 0.6) is 0 Å². The minimum Gasteiger partial charge on any atom is -0.307 e. The first kappa shape index (κ1) is 11.5. The van der Waals surface area contributed by atoms with E-state index in [1.807, 2.05) is 49.4 Å². The van der Waals surface area contributed by atoms with E-state index in [9.17, 15) is 4.79 Å². The highest BCUT2D eigenvalue weighted by molar-refractivity contribution is 6.06. The lowest BCUT2D eigenvalue weighted by atomic mass is 10.1. The van der Waals surface area contributed by atoms with Crippen LogP contribution in [-0.2, 0) is 0 Å². The van der Waals surface area contributed by atoms with E-state index in [1.54, 1.807) is 6.20 Å². The molecule has 0 saturated carbocycles. The first-order valence-electron chi connectivity index (χ1n) is 6.04. The molecule has 1 amide bonds. The van der Waals surface area contributed by atoms with Crippen LogP contribution >= 0.6 is 0 Å². The number of hydrogen-bond donors (Lipinski definition) is 2. The molecule has 3 aromatic rings. The van der Waals surface area contributed by atoms with Gasteiger partial charge in [0.2, 0.25) is 0 Å². The summed E-state index contributed by atoms with van der Waals surface area (Å²) >= 11 is 0. The second-order valence-electron chi connectivity index (χ2n) is 4.44. The third-order valence-electron chi connectivity index (χ3n) is 3.08. The van der Waals surface area contributed by atoms with Crippen LogP contribution < -0.4 is 5.32 Å². The van der Waals surface area contributed by atoms with Gasteiger partial charge < -0.3 is 5.32 Å². The molecule has 19 heavy (non-hydrogen) atoms. The Morgan fingerprint density at radius 1 is 1.16 bits per heavy atom. The molecule has 1 aromatic heterocycles. The van der Waals surface area contributed by atoms with Crippen LogP contribution in [0.3, 0.4) is 0 Å². The standard InChI is InChI=1S/C15H13N3O/c1-10-9-16-18-14(10)17-15(19)13-7-6-11-4-2-3-5-12(11)8-13/h2-9H,1H3,(H2,16,17,18,19). The lowest BCUT2D eigenvalue weighted by Crippen LogP contribution is -2.12. The van der Waals surface area contributed by atoms with E-state index in [1.165, 1.54) is 0 Å². The number of fused-ring (bicyclic) bond motifs is 1. The first-order valence-corrected chi connectivity index (χ1v) is 6.04. The van der Waals surface area contributed by atoms with E-state index in [4.69, 9.17) is 0 Å². The topological polar surface area (TPSA) is 57.8 Å². The van der Waals surface area contributed by atoms with Crippen molar-refractivity contribution < 1.29 is 4.79 Å². The first-order chi connectivity index (χ1) is 9.24. The molecule has 0 atom stereocenters. The molecule has 0 unspecified atom stereocenters. The van der Waals surface area contributed by atoms with Gasteiger partial charge in [-0.2, -0.15) is 5.10 Å². The third-order valence-corrected chi connectivity index (χ3v) is 3.08. The predicted molar refractivity (Wildman–Crippen MR) is 75.2 cm³/mol. The maximum Gasteiger partial charge on any atom is 0.256 e. The van der Waals surface area contributed by atoms with E-state index in [-0.39, 0.29) is 5.91 Å². The van der Waals surface area contributed by atoms with Crippen LogP contribution in [0, 0.1) is 6.92 Å². The number of nitrogens with one attached hydrogen (secondary N) is 2. The van der Waals surface area contributed by atoms with Crippen LogP contribution in [-0.4, -0.2) is 16.1 Å². The SMILES string of the molecule is Cc1cn[nH]c1NC(=O)c1ccc2ccccc2c1. The monoisotopic (exact) mass is 251 g/mol. The smallest absolute Gasteiger partial charge is 0.256 e. The van der Waals surface area contributed by atoms with Crippen LogP contribution in [0.25, 0.3) is 10.8 Å². The molecular weight excluding hydrogens is 238 g/mol. The highest BCUT2D eigenvalue weighted by Crippen LogP contribution is 2.17. The summed E-state index contributed by atoms with van der Waals surface area (Å²) in [5.74, 6) is 0.497. The van der Waals surface area contributed by atoms with Crippen molar-refractivity contribution in [2.24, 2.45) is 0 Å². The summed E-state index contributed by atoms with van der Waals surface area (Å²) < 4.78 is 0. The van der Waals surface area contributed by atoms with Crippen LogP contribution in [0.2, 0.25) is 0 Å². The summed E-state index contributed by atoms with van der Waals surface area (Å²) in [5, 5.41) is 11.6. The van der Waals surface area contributed by atoms with Crippen molar-refractivity contribution in [3.05, 3.63) is 59.8 Å². The van der Waals surface area contributed by atoms with E-state index >= 15 is 0 Å². The molecule has 0 fully saturated rings. The molecule has 94 valence electrons. The zero-order valence-electron chi connectivity index (χ0n) is 10.5. The van der Waals surface area contributed by atoms with Gasteiger partial charge in [0.15, 0.2) is 0 Å². The maximum atomic E-state index is 12.1. The van der Waals surface area contributed by atoms with Gasteiger partial charge in [-0.05, 0) is 29.8 Å². The van der Waals surface area contributed by atoms with Gasteiger partial charge in [-0.1, -0.05) is 30.3 Å². The lowest BCUT2D eigenvalue weighted by Gasteiger charge is -2.05. The molecule has 4 heteroatoms. The molecule has 4 nitrogen and oxygen atoms in total. The number of benzene rings is 2. The van der Waals surface area contributed by atoms with E-state index in [0.29, 0.717) is 11.4 Å². The number of carbonyl (C=O) groups excluding carboxylic acids is 1. The van der Waals surface area contributed by atoms with E-state index < -0.39 is 0 Å². The lowest BCUT2D eigenvalue weighted by molar-refractivity contribution is 0.102. The van der Waals surface area contributed by atoms with Crippen molar-refractivity contribution in [2.45, 2.75) is 6.92 Å². The van der Waals surface area contributed by atoms with Crippen LogP contribution in [0.4, 0.5) is 5.82 Å². The average Bonchev–Trinajstić information content (AvgIpc) is 2.84. The van der Waals surface area contributed by atoms with Crippen LogP contribution in [0.1, 0.15) is 15.9 Å². The number of carbonyl (C=O) groups is 1. The average molecular weight is 251 g/mol. The number of hydrogen-bond acceptors (Lipinski definition) is 2. The Bertz CT molecular complexity index is 746. The van der Waals surface area contributed by atoms with E-state index in [0.717, 1.165) is 16.3 Å². The second kappa shape index (κ2) is 4.57. The van der Waals surface area contributed by atoms with Gasteiger partial charge in [0.1, 0.15) is 5.82 Å². The zero-order valence-corrected chi connectivity index (χ0v) is 10.5. The largest absolute Gasteiger partial charge is 0.307 e. The Labute approximate surface area is 110 Å². The molecule has 0 saturated heterocycles. The fourth-order valence-electron chi connectivity index (χ4n) is 1.99. The van der Waals surface area contributed by atoms with Gasteiger partial charge in [0, 0.05) is 11.1 Å². The number of H-pyrrole nitrogens is 1. The fourth-order valence-corrected chi connectivity index (χ4v) is 1.99. The number of amides is 1. The molecule has 0 aliphatic carbocycles. The molecule has 0 aliphatic heterocycles. The molecule has 0 radical (unpaired) electrons. The molecule has 1 heterocycles. The van der Waals surface area contributed by atoms with Gasteiger partial charge in [-0.25, -0.2) is 0 Å². The number of aromatic amines is 1. The number of aryl methyl sites for hydroxylation is 1. The number of nitrogens with zero attached hydrogens (tertiary/aromatic N) is 1. The summed E-state index contributed by atoms with van der Waals surface area (Å²) in [6.07, 6.45) is 1.68. The summed E-state index contributed by atoms with van der Waals surface area (Å²) in [4.78, 5) is 12.1. The normalized spacial score (nSPS) is 10.6. The van der Waals surface area contributed by atoms with Crippen molar-refractivity contribution in [3.8, 4) is 0 Å². The number of aromatic nitrogens is 2. The van der Waals surface area contributed by atoms with Crippen molar-refractivity contribution in [1.82, 2.24) is 10.2 Å². The summed E-state index contributed by atoms with van der Waals surface area (Å²) in [6.45, 7) is 1.89. The quantitative estimate of drug-likeness (QED) is 0.735. The van der Waals surface area contributed by atoms with E-state index in [2.05, 4.69) is 15.5 Å². The Morgan fingerprint density at radius 3 is 2.68 bits per heavy atom. The Balaban J connectivity index is 1.91. The van der Waals surface area contributed by atoms with Crippen LogP contribution in [0.15, 0.2) is 48.7 Å². The number of anilines is 1. The zero-order chi connectivity index (χ0) is 13.2. The van der Waals surface area contributed by atoms with Gasteiger partial charge in [-0.15, -0.1) is 0 Å². The van der Waals surface area contributed by atoms with Crippen molar-refractivity contribution in [1.29, 1.82) is 0 Å².